The molecule has 1 saturated heterocycles. The summed E-state index contributed by atoms with van der Waals surface area (Å²) < 4.78 is 0. The molecular formula is C22H31N3O. The van der Waals surface area contributed by atoms with E-state index in [0.717, 1.165) is 30.9 Å². The molecule has 0 bridgehead atoms. The highest BCUT2D eigenvalue weighted by molar-refractivity contribution is 5.81. The number of likely N-dealkylation sites (tertiary alicyclic amines) is 1. The van der Waals surface area contributed by atoms with Crippen molar-refractivity contribution in [3.63, 3.8) is 0 Å². The maximum absolute atomic E-state index is 12.8. The summed E-state index contributed by atoms with van der Waals surface area (Å²) in [4.78, 5) is 17.1. The van der Waals surface area contributed by atoms with Gasteiger partial charge in [-0.25, -0.2) is 0 Å². The second-order valence-corrected chi connectivity index (χ2v) is 6.63. The van der Waals surface area contributed by atoms with Crippen molar-refractivity contribution < 1.29 is 4.79 Å². The van der Waals surface area contributed by atoms with E-state index in [2.05, 4.69) is 28.9 Å². The van der Waals surface area contributed by atoms with Crippen LogP contribution in [0.15, 0.2) is 66.8 Å². The van der Waals surface area contributed by atoms with Crippen LogP contribution in [0.25, 0.3) is 0 Å². The van der Waals surface area contributed by atoms with Crippen molar-refractivity contribution in [2.45, 2.75) is 25.8 Å². The van der Waals surface area contributed by atoms with Crippen LogP contribution in [0.3, 0.4) is 0 Å². The monoisotopic (exact) mass is 353 g/mol. The smallest absolute Gasteiger partial charge is 0.242 e. The minimum Gasteiger partial charge on any atom is -0.376 e. The third kappa shape index (κ3) is 5.88. The second kappa shape index (κ2) is 10.6. The minimum atomic E-state index is 0.0411. The fourth-order valence-electron chi connectivity index (χ4n) is 3.27. The van der Waals surface area contributed by atoms with E-state index in [1.165, 1.54) is 12.8 Å². The van der Waals surface area contributed by atoms with Crippen molar-refractivity contribution in [3.8, 4) is 0 Å². The standard InChI is InChI=1S/C22H31N3O/c1-4-6-12-19(5-2)21(18-25-15-10-11-16-25)24(3)22(26)17-23-20-13-8-7-9-14-20/h4-9,12-14,21,23H,1,10-11,15-18H2,2-3H3/b12-6-,19-5+. The first-order chi connectivity index (χ1) is 12.7. The van der Waals surface area contributed by atoms with Crippen LogP contribution in [0.2, 0.25) is 0 Å². The van der Waals surface area contributed by atoms with Gasteiger partial charge in [0, 0.05) is 19.3 Å². The Morgan fingerprint density at radius 2 is 2.00 bits per heavy atom. The van der Waals surface area contributed by atoms with Gasteiger partial charge in [-0.3, -0.25) is 4.79 Å². The molecule has 0 spiro atoms. The number of nitrogens with one attached hydrogen (secondary N) is 1. The van der Waals surface area contributed by atoms with E-state index in [1.54, 1.807) is 6.08 Å². The summed E-state index contributed by atoms with van der Waals surface area (Å²) in [6, 6.07) is 9.88. The molecule has 1 N–H and O–H groups in total. The van der Waals surface area contributed by atoms with Crippen molar-refractivity contribution in [3.05, 3.63) is 66.8 Å². The maximum Gasteiger partial charge on any atom is 0.242 e. The van der Waals surface area contributed by atoms with Crippen LogP contribution in [0.5, 0.6) is 0 Å². The van der Waals surface area contributed by atoms with Crippen LogP contribution >= 0.6 is 0 Å². The number of rotatable bonds is 9. The highest BCUT2D eigenvalue weighted by atomic mass is 16.2. The summed E-state index contributed by atoms with van der Waals surface area (Å²) in [5.74, 6) is 0.0874. The Morgan fingerprint density at radius 3 is 2.62 bits per heavy atom. The van der Waals surface area contributed by atoms with Gasteiger partial charge in [-0.05, 0) is 50.6 Å². The Morgan fingerprint density at radius 1 is 1.31 bits per heavy atom. The van der Waals surface area contributed by atoms with Gasteiger partial charge in [-0.1, -0.05) is 49.1 Å². The van der Waals surface area contributed by atoms with Crippen LogP contribution < -0.4 is 5.32 Å². The van der Waals surface area contributed by atoms with E-state index < -0.39 is 0 Å². The first-order valence-electron chi connectivity index (χ1n) is 9.38. The highest BCUT2D eigenvalue weighted by Crippen LogP contribution is 2.17. The number of allylic oxidation sites excluding steroid dienone is 3. The fraction of sp³-hybridized carbons (Fsp3) is 0.409. The van der Waals surface area contributed by atoms with Gasteiger partial charge in [0.2, 0.25) is 5.91 Å². The topological polar surface area (TPSA) is 35.6 Å². The Hall–Kier alpha value is -2.33. The SMILES string of the molecule is C=C/C=C\C(=C/C)C(CN1CCCC1)N(C)C(=O)CNc1ccccc1. The fourth-order valence-corrected chi connectivity index (χ4v) is 3.27. The van der Waals surface area contributed by atoms with Gasteiger partial charge in [0.25, 0.3) is 0 Å². The van der Waals surface area contributed by atoms with Crippen LogP contribution in [0.4, 0.5) is 5.69 Å². The van der Waals surface area contributed by atoms with Gasteiger partial charge in [-0.2, -0.15) is 0 Å². The van der Waals surface area contributed by atoms with Crippen molar-refractivity contribution in [1.82, 2.24) is 9.80 Å². The molecule has 4 nitrogen and oxygen atoms in total. The molecule has 1 unspecified atom stereocenters. The molecule has 1 atom stereocenters. The Labute approximate surface area is 157 Å². The summed E-state index contributed by atoms with van der Waals surface area (Å²) in [5, 5.41) is 3.22. The Balaban J connectivity index is 2.06. The first kappa shape index (κ1) is 20.0. The molecule has 0 saturated carbocycles. The van der Waals surface area contributed by atoms with Gasteiger partial charge < -0.3 is 15.1 Å². The van der Waals surface area contributed by atoms with Gasteiger partial charge in [0.05, 0.1) is 12.6 Å². The summed E-state index contributed by atoms with van der Waals surface area (Å²) in [7, 11) is 1.90. The average Bonchev–Trinajstić information content (AvgIpc) is 3.19. The quantitative estimate of drug-likeness (QED) is 0.688. The largest absolute Gasteiger partial charge is 0.376 e. The molecular weight excluding hydrogens is 322 g/mol. The van der Waals surface area contributed by atoms with E-state index in [9.17, 15) is 4.79 Å². The number of benzene rings is 1. The summed E-state index contributed by atoms with van der Waals surface area (Å²) in [6.07, 6.45) is 10.3. The molecule has 1 aliphatic heterocycles. The molecule has 1 heterocycles. The van der Waals surface area contributed by atoms with E-state index >= 15 is 0 Å². The van der Waals surface area contributed by atoms with E-state index in [0.29, 0.717) is 6.54 Å². The van der Waals surface area contributed by atoms with Crippen molar-refractivity contribution in [1.29, 1.82) is 0 Å². The lowest BCUT2D eigenvalue weighted by molar-refractivity contribution is -0.129. The average molecular weight is 354 g/mol. The summed E-state index contributed by atoms with van der Waals surface area (Å²) in [6.45, 7) is 9.17. The van der Waals surface area contributed by atoms with Gasteiger partial charge >= 0.3 is 0 Å². The number of hydrogen-bond acceptors (Lipinski definition) is 3. The maximum atomic E-state index is 12.8. The number of carbonyl (C=O) groups is 1. The van der Waals surface area contributed by atoms with Gasteiger partial charge in [0.15, 0.2) is 0 Å². The van der Waals surface area contributed by atoms with E-state index in [1.807, 2.05) is 55.3 Å². The predicted molar refractivity (Wildman–Crippen MR) is 110 cm³/mol. The molecule has 1 aromatic rings. The zero-order chi connectivity index (χ0) is 18.8. The second-order valence-electron chi connectivity index (χ2n) is 6.63. The molecule has 0 aromatic heterocycles. The minimum absolute atomic E-state index is 0.0411. The molecule has 0 aliphatic carbocycles. The van der Waals surface area contributed by atoms with Crippen LogP contribution in [0.1, 0.15) is 19.8 Å². The summed E-state index contributed by atoms with van der Waals surface area (Å²) >= 11 is 0. The van der Waals surface area contributed by atoms with Crippen LogP contribution in [-0.4, -0.2) is 55.0 Å². The highest BCUT2D eigenvalue weighted by Gasteiger charge is 2.25. The zero-order valence-electron chi connectivity index (χ0n) is 16.0. The number of nitrogens with zero attached hydrogens (tertiary/aromatic N) is 2. The predicted octanol–water partition coefficient (Wildman–Crippen LogP) is 3.71. The Kier molecular flexibility index (Phi) is 8.16. The molecule has 26 heavy (non-hydrogen) atoms. The molecule has 1 fully saturated rings. The third-order valence-electron chi connectivity index (χ3n) is 4.85. The Bertz CT molecular complexity index is 630. The molecule has 1 aliphatic rings. The van der Waals surface area contributed by atoms with Crippen molar-refractivity contribution in [2.75, 3.05) is 38.5 Å². The number of anilines is 1. The van der Waals surface area contributed by atoms with Crippen LogP contribution in [-0.2, 0) is 4.79 Å². The van der Waals surface area contributed by atoms with Gasteiger partial charge in [0.1, 0.15) is 0 Å². The number of carbonyl (C=O) groups excluding carboxylic acids is 1. The molecule has 1 amide bonds. The normalized spacial score (nSPS) is 16.6. The van der Waals surface area contributed by atoms with Crippen LogP contribution in [0, 0.1) is 0 Å². The molecule has 4 heteroatoms. The third-order valence-corrected chi connectivity index (χ3v) is 4.85. The molecule has 2 rings (SSSR count). The van der Waals surface area contributed by atoms with Crippen molar-refractivity contribution >= 4 is 11.6 Å². The zero-order valence-corrected chi connectivity index (χ0v) is 16.0. The first-order valence-corrected chi connectivity index (χ1v) is 9.38. The molecule has 0 radical (unpaired) electrons. The number of likely N-dealkylation sites (N-methyl/N-ethyl adjacent to an activating group) is 1. The lowest BCUT2D eigenvalue weighted by Crippen LogP contribution is -2.47. The number of para-hydroxylation sites is 1. The molecule has 140 valence electrons. The lowest BCUT2D eigenvalue weighted by Gasteiger charge is -2.33. The van der Waals surface area contributed by atoms with Crippen molar-refractivity contribution in [2.24, 2.45) is 0 Å². The number of hydrogen-bond donors (Lipinski definition) is 1. The molecule has 1 aromatic carbocycles. The van der Waals surface area contributed by atoms with E-state index in [4.69, 9.17) is 0 Å². The van der Waals surface area contributed by atoms with Gasteiger partial charge in [-0.15, -0.1) is 0 Å². The number of amides is 1. The van der Waals surface area contributed by atoms with E-state index in [-0.39, 0.29) is 11.9 Å². The lowest BCUT2D eigenvalue weighted by atomic mass is 10.0. The summed E-state index contributed by atoms with van der Waals surface area (Å²) in [5.41, 5.74) is 2.11.